The zero-order chi connectivity index (χ0) is 13.2. The molecule has 0 unspecified atom stereocenters. The molecule has 0 aromatic heterocycles. The summed E-state index contributed by atoms with van der Waals surface area (Å²) >= 11 is 1.56. The van der Waals surface area contributed by atoms with Crippen molar-refractivity contribution >= 4 is 22.9 Å². The molecule has 3 N–H and O–H groups in total. The van der Waals surface area contributed by atoms with E-state index in [2.05, 4.69) is 12.2 Å². The van der Waals surface area contributed by atoms with Gasteiger partial charge in [-0.3, -0.25) is 5.41 Å². The lowest BCUT2D eigenvalue weighted by molar-refractivity contribution is -0.110. The lowest BCUT2D eigenvalue weighted by atomic mass is 10.2. The smallest absolute Gasteiger partial charge is 0.407 e. The summed E-state index contributed by atoms with van der Waals surface area (Å²) in [4.78, 5) is 11.4. The minimum Gasteiger partial charge on any atom is -1.00 e. The molecule has 4 nitrogen and oxygen atoms in total. The van der Waals surface area contributed by atoms with Gasteiger partial charge in [-0.15, -0.1) is 0 Å². The first-order valence-electron chi connectivity index (χ1n) is 5.91. The first-order chi connectivity index (χ1) is 8.72. The van der Waals surface area contributed by atoms with Crippen molar-refractivity contribution in [3.63, 3.8) is 0 Å². The van der Waals surface area contributed by atoms with Crippen molar-refractivity contribution in [2.24, 2.45) is 0 Å². The lowest BCUT2D eigenvalue weighted by Crippen LogP contribution is -3.00. The number of thioether (sulfide) groups is 1. The van der Waals surface area contributed by atoms with E-state index in [1.807, 2.05) is 30.3 Å². The van der Waals surface area contributed by atoms with Crippen LogP contribution in [-0.2, 0) is 11.3 Å². The third-order valence-corrected chi connectivity index (χ3v) is 3.24. The predicted octanol–water partition coefficient (Wildman–Crippen LogP) is -1.78. The molecule has 0 heterocycles. The molecule has 0 bridgehead atoms. The van der Waals surface area contributed by atoms with E-state index in [4.69, 9.17) is 10.1 Å². The third kappa shape index (κ3) is 8.51. The maximum atomic E-state index is 11.4. The number of carbonyl (C=O) groups is 1. The molecule has 0 saturated carbocycles. The second-order valence-electron chi connectivity index (χ2n) is 3.73. The molecule has 0 saturated heterocycles. The summed E-state index contributed by atoms with van der Waals surface area (Å²) in [6, 6.07) is 9.55. The van der Waals surface area contributed by atoms with Crippen LogP contribution in [0.5, 0.6) is 0 Å². The molecule has 0 aliphatic rings. The molecule has 1 aromatic carbocycles. The fraction of sp³-hybridized carbons (Fsp3) is 0.385. The fourth-order valence-electron chi connectivity index (χ4n) is 1.22. The average molecular weight is 303 g/mol. The van der Waals surface area contributed by atoms with Crippen molar-refractivity contribution in [3.8, 4) is 0 Å². The third-order valence-electron chi connectivity index (χ3n) is 2.11. The highest BCUT2D eigenvalue weighted by Crippen LogP contribution is 2.02. The van der Waals surface area contributed by atoms with Gasteiger partial charge in [-0.2, -0.15) is 0 Å². The summed E-state index contributed by atoms with van der Waals surface area (Å²) in [5, 5.41) is 9.04. The molecule has 0 radical (unpaired) electrons. The summed E-state index contributed by atoms with van der Waals surface area (Å²) in [7, 11) is 0. The van der Waals surface area contributed by atoms with Crippen molar-refractivity contribution in [1.29, 1.82) is 0 Å². The van der Waals surface area contributed by atoms with Gasteiger partial charge in [-0.05, 0) is 12.0 Å². The van der Waals surface area contributed by atoms with E-state index in [0.29, 0.717) is 11.6 Å². The summed E-state index contributed by atoms with van der Waals surface area (Å²) in [5.74, 6) is 0.965. The Hall–Kier alpha value is -1.20. The Morgan fingerprint density at radius 3 is 2.68 bits per heavy atom. The van der Waals surface area contributed by atoms with Crippen LogP contribution in [0, 0.1) is 0 Å². The van der Waals surface area contributed by atoms with Crippen molar-refractivity contribution in [2.45, 2.75) is 20.0 Å². The van der Waals surface area contributed by atoms with E-state index >= 15 is 0 Å². The number of rotatable bonds is 6. The fourth-order valence-corrected chi connectivity index (χ4v) is 1.86. The van der Waals surface area contributed by atoms with Crippen LogP contribution < -0.4 is 23.1 Å². The Labute approximate surface area is 124 Å². The van der Waals surface area contributed by atoms with Gasteiger partial charge in [0.2, 0.25) is 5.04 Å². The molecular formula is C13H19ClN2O2S. The van der Waals surface area contributed by atoms with Gasteiger partial charge in [0, 0.05) is 5.75 Å². The number of ether oxygens (including phenoxy) is 1. The molecule has 106 valence electrons. The quantitative estimate of drug-likeness (QED) is 0.482. The maximum absolute atomic E-state index is 11.4. The molecule has 0 aliphatic carbocycles. The number of amides is 1. The van der Waals surface area contributed by atoms with Crippen LogP contribution >= 0.6 is 11.8 Å². The highest BCUT2D eigenvalue weighted by Gasteiger charge is 2.07. The normalized spacial score (nSPS) is 9.32. The number of benzene rings is 1. The second kappa shape index (κ2) is 10.7. The first kappa shape index (κ1) is 17.8. The topological polar surface area (TPSA) is 63.9 Å². The zero-order valence-electron chi connectivity index (χ0n) is 10.9. The van der Waals surface area contributed by atoms with Crippen LogP contribution in [0.25, 0.3) is 0 Å². The molecule has 6 heteroatoms. The van der Waals surface area contributed by atoms with E-state index in [-0.39, 0.29) is 19.0 Å². The standard InChI is InChI=1S/C13H18N2O2S.ClH/c1-2-8-18-12(14)9-15-13(16)17-10-11-6-4-3-5-7-11;/h3-7,14H,2,8-10H2,1H3,(H,15,16);1H. The van der Waals surface area contributed by atoms with Crippen molar-refractivity contribution < 1.29 is 27.3 Å². The zero-order valence-corrected chi connectivity index (χ0v) is 12.5. The molecular weight excluding hydrogens is 284 g/mol. The Bertz CT molecular complexity index is 387. The highest BCUT2D eigenvalue weighted by atomic mass is 35.5. The van der Waals surface area contributed by atoms with Gasteiger partial charge in [0.05, 0.1) is 0 Å². The number of carbonyl (C=O) groups excluding carboxylic acids is 1. The van der Waals surface area contributed by atoms with E-state index < -0.39 is 6.09 Å². The number of alkyl carbamates (subject to hydrolysis) is 1. The molecule has 1 aromatic rings. The minimum atomic E-state index is -0.445. The molecule has 0 fully saturated rings. The van der Waals surface area contributed by atoms with E-state index in [0.717, 1.165) is 17.7 Å². The summed E-state index contributed by atoms with van der Waals surface area (Å²) < 4.78 is 5.05. The van der Waals surface area contributed by atoms with Crippen molar-refractivity contribution in [2.75, 3.05) is 12.3 Å². The van der Waals surface area contributed by atoms with Crippen LogP contribution in [0.2, 0.25) is 0 Å². The Morgan fingerprint density at radius 2 is 2.05 bits per heavy atom. The largest absolute Gasteiger partial charge is 1.00 e. The molecule has 0 spiro atoms. The number of hydrogen-bond donors (Lipinski definition) is 2. The van der Waals surface area contributed by atoms with Crippen molar-refractivity contribution in [1.82, 2.24) is 5.32 Å². The Kier molecular flexibility index (Phi) is 10.0. The van der Waals surface area contributed by atoms with Crippen LogP contribution in [0.15, 0.2) is 30.3 Å². The first-order valence-corrected chi connectivity index (χ1v) is 6.89. The maximum Gasteiger partial charge on any atom is 0.407 e. The predicted molar refractivity (Wildman–Crippen MR) is 74.3 cm³/mol. The summed E-state index contributed by atoms with van der Waals surface area (Å²) in [6.07, 6.45) is 0.614. The minimum absolute atomic E-state index is 0. The SMILES string of the molecule is CCCSC(=[NH2+])CNC(=O)OCc1ccccc1.[Cl-]. The highest BCUT2D eigenvalue weighted by molar-refractivity contribution is 8.13. The molecule has 19 heavy (non-hydrogen) atoms. The van der Waals surface area contributed by atoms with Crippen LogP contribution in [0.4, 0.5) is 4.79 Å². The Morgan fingerprint density at radius 1 is 1.37 bits per heavy atom. The van der Waals surface area contributed by atoms with Gasteiger partial charge < -0.3 is 22.5 Å². The van der Waals surface area contributed by atoms with Gasteiger partial charge in [0.25, 0.3) is 0 Å². The second-order valence-corrected chi connectivity index (χ2v) is 4.95. The molecule has 0 atom stereocenters. The van der Waals surface area contributed by atoms with Crippen LogP contribution in [0.1, 0.15) is 18.9 Å². The van der Waals surface area contributed by atoms with Gasteiger partial charge >= 0.3 is 6.09 Å². The summed E-state index contributed by atoms with van der Waals surface area (Å²) in [5.41, 5.74) is 0.963. The number of nitrogens with two attached hydrogens (primary N) is 1. The van der Waals surface area contributed by atoms with Crippen LogP contribution in [-0.4, -0.2) is 23.4 Å². The monoisotopic (exact) mass is 302 g/mol. The number of nitrogens with one attached hydrogen (secondary N) is 1. The molecule has 1 rings (SSSR count). The lowest BCUT2D eigenvalue weighted by Gasteiger charge is -2.05. The van der Waals surface area contributed by atoms with E-state index in [9.17, 15) is 4.79 Å². The van der Waals surface area contributed by atoms with E-state index in [1.165, 1.54) is 0 Å². The van der Waals surface area contributed by atoms with E-state index in [1.54, 1.807) is 11.8 Å². The molecule has 1 amide bonds. The number of halogens is 1. The summed E-state index contributed by atoms with van der Waals surface area (Å²) in [6.45, 7) is 2.70. The van der Waals surface area contributed by atoms with Crippen LogP contribution in [0.3, 0.4) is 0 Å². The van der Waals surface area contributed by atoms with Crippen molar-refractivity contribution in [3.05, 3.63) is 35.9 Å². The van der Waals surface area contributed by atoms with Gasteiger partial charge in [0.1, 0.15) is 13.2 Å². The average Bonchev–Trinajstić information content (AvgIpc) is 2.41. The number of hydrogen-bond acceptors (Lipinski definition) is 3. The van der Waals surface area contributed by atoms with Gasteiger partial charge in [0.15, 0.2) is 0 Å². The Balaban J connectivity index is 0.00000324. The van der Waals surface area contributed by atoms with Gasteiger partial charge in [-0.25, -0.2) is 4.79 Å². The van der Waals surface area contributed by atoms with Gasteiger partial charge in [-0.1, -0.05) is 49.0 Å². The molecule has 0 aliphatic heterocycles.